The molecule has 2 unspecified atom stereocenters. The number of halogens is 1. The summed E-state index contributed by atoms with van der Waals surface area (Å²) in [6.45, 7) is 0.826. The van der Waals surface area contributed by atoms with Crippen molar-refractivity contribution in [3.05, 3.63) is 64.2 Å². The Morgan fingerprint density at radius 2 is 1.97 bits per heavy atom. The van der Waals surface area contributed by atoms with Crippen LogP contribution in [0, 0.1) is 0 Å². The number of likely N-dealkylation sites (tertiary alicyclic amines) is 1. The zero-order valence-electron chi connectivity index (χ0n) is 16.9. The first kappa shape index (κ1) is 21.2. The Kier molecular flexibility index (Phi) is 5.89. The molecule has 7 nitrogen and oxygen atoms in total. The lowest BCUT2D eigenvalue weighted by Gasteiger charge is -2.27. The topological polar surface area (TPSA) is 96.3 Å². The summed E-state index contributed by atoms with van der Waals surface area (Å²) in [6, 6.07) is 10.1. The zero-order valence-corrected chi connectivity index (χ0v) is 17.6. The SMILES string of the molecule is COc1cc(C2C(=C(O)c3ccc(Cl)cc3)C(=O)C(=O)N2CC2CCCO2)ccc1O. The summed E-state index contributed by atoms with van der Waals surface area (Å²) in [7, 11) is 1.41. The van der Waals surface area contributed by atoms with Gasteiger partial charge in [-0.3, -0.25) is 9.59 Å². The summed E-state index contributed by atoms with van der Waals surface area (Å²) in [5.41, 5.74) is 0.871. The molecule has 0 aromatic heterocycles. The maximum atomic E-state index is 13.0. The number of amides is 1. The van der Waals surface area contributed by atoms with Crippen LogP contribution in [-0.2, 0) is 14.3 Å². The molecule has 2 aliphatic rings. The number of aliphatic hydroxyl groups excluding tert-OH is 1. The van der Waals surface area contributed by atoms with E-state index >= 15 is 0 Å². The number of Topliss-reactive ketones (excluding diaryl/α,β-unsaturated/α-hetero) is 1. The summed E-state index contributed by atoms with van der Waals surface area (Å²) in [5.74, 6) is -1.64. The van der Waals surface area contributed by atoms with Crippen LogP contribution in [0.1, 0.15) is 30.0 Å². The highest BCUT2D eigenvalue weighted by Crippen LogP contribution is 2.42. The van der Waals surface area contributed by atoms with Gasteiger partial charge in [-0.25, -0.2) is 0 Å². The van der Waals surface area contributed by atoms with Crippen molar-refractivity contribution in [3.8, 4) is 11.5 Å². The number of carbonyl (C=O) groups excluding carboxylic acids is 2. The second-order valence-electron chi connectivity index (χ2n) is 7.52. The molecule has 162 valence electrons. The summed E-state index contributed by atoms with van der Waals surface area (Å²) in [4.78, 5) is 27.4. The van der Waals surface area contributed by atoms with Gasteiger partial charge < -0.3 is 24.6 Å². The summed E-state index contributed by atoms with van der Waals surface area (Å²) in [5, 5.41) is 21.5. The molecule has 2 N–H and O–H groups in total. The van der Waals surface area contributed by atoms with E-state index in [-0.39, 0.29) is 35.5 Å². The van der Waals surface area contributed by atoms with Crippen molar-refractivity contribution >= 4 is 29.1 Å². The first-order valence-electron chi connectivity index (χ1n) is 9.93. The van der Waals surface area contributed by atoms with E-state index < -0.39 is 17.7 Å². The lowest BCUT2D eigenvalue weighted by molar-refractivity contribution is -0.140. The van der Waals surface area contributed by atoms with E-state index in [0.717, 1.165) is 12.8 Å². The molecular weight excluding hydrogens is 422 g/mol. The van der Waals surface area contributed by atoms with Crippen LogP contribution in [0.2, 0.25) is 5.02 Å². The normalized spacial score (nSPS) is 22.8. The minimum atomic E-state index is -0.852. The van der Waals surface area contributed by atoms with Crippen LogP contribution in [-0.4, -0.2) is 53.2 Å². The number of ketones is 1. The van der Waals surface area contributed by atoms with Gasteiger partial charge in [-0.05, 0) is 54.8 Å². The fraction of sp³-hybridized carbons (Fsp3) is 0.304. The molecule has 0 bridgehead atoms. The van der Waals surface area contributed by atoms with Crippen molar-refractivity contribution in [3.63, 3.8) is 0 Å². The molecule has 2 atom stereocenters. The van der Waals surface area contributed by atoms with Gasteiger partial charge in [0, 0.05) is 23.7 Å². The van der Waals surface area contributed by atoms with Crippen LogP contribution >= 0.6 is 11.6 Å². The molecule has 1 amide bonds. The van der Waals surface area contributed by atoms with E-state index in [2.05, 4.69) is 0 Å². The number of carbonyl (C=O) groups is 2. The van der Waals surface area contributed by atoms with Crippen molar-refractivity contribution in [2.45, 2.75) is 25.0 Å². The first-order valence-corrected chi connectivity index (χ1v) is 10.3. The average Bonchev–Trinajstić information content (AvgIpc) is 3.37. The summed E-state index contributed by atoms with van der Waals surface area (Å²) < 4.78 is 10.9. The number of hydrogen-bond acceptors (Lipinski definition) is 6. The lowest BCUT2D eigenvalue weighted by atomic mass is 9.95. The van der Waals surface area contributed by atoms with Crippen molar-refractivity contribution in [1.82, 2.24) is 4.90 Å². The van der Waals surface area contributed by atoms with Crippen LogP contribution in [0.5, 0.6) is 11.5 Å². The zero-order chi connectivity index (χ0) is 22.1. The second kappa shape index (κ2) is 8.61. The Bertz CT molecular complexity index is 1040. The van der Waals surface area contributed by atoms with Gasteiger partial charge in [0.2, 0.25) is 0 Å². The first-order chi connectivity index (χ1) is 14.9. The fourth-order valence-electron chi connectivity index (χ4n) is 4.05. The number of methoxy groups -OCH3 is 1. The van der Waals surface area contributed by atoms with Gasteiger partial charge >= 0.3 is 0 Å². The highest BCUT2D eigenvalue weighted by Gasteiger charge is 2.47. The maximum Gasteiger partial charge on any atom is 0.295 e. The highest BCUT2D eigenvalue weighted by atomic mass is 35.5. The number of rotatable bonds is 5. The second-order valence-corrected chi connectivity index (χ2v) is 7.96. The van der Waals surface area contributed by atoms with Gasteiger partial charge in [0.1, 0.15) is 5.76 Å². The lowest BCUT2D eigenvalue weighted by Crippen LogP contribution is -2.36. The molecule has 2 aliphatic heterocycles. The van der Waals surface area contributed by atoms with Crippen LogP contribution in [0.4, 0.5) is 0 Å². The van der Waals surface area contributed by atoms with E-state index in [4.69, 9.17) is 21.1 Å². The van der Waals surface area contributed by atoms with Gasteiger partial charge in [0.25, 0.3) is 11.7 Å². The molecule has 2 fully saturated rings. The van der Waals surface area contributed by atoms with Gasteiger partial charge in [-0.1, -0.05) is 17.7 Å². The third-order valence-corrected chi connectivity index (χ3v) is 5.85. The molecule has 2 aromatic carbocycles. The van der Waals surface area contributed by atoms with Gasteiger partial charge in [0.05, 0.1) is 24.8 Å². The Labute approximate surface area is 184 Å². The van der Waals surface area contributed by atoms with Crippen molar-refractivity contribution in [2.24, 2.45) is 0 Å². The van der Waals surface area contributed by atoms with E-state index in [1.807, 2.05) is 0 Å². The Hall–Kier alpha value is -3.03. The standard InChI is InChI=1S/C23H22ClNO6/c1-30-18-11-14(6-9-17(18)26)20-19(21(27)13-4-7-15(24)8-5-13)22(28)23(29)25(20)12-16-3-2-10-31-16/h4-9,11,16,20,26-27H,2-3,10,12H2,1H3. The van der Waals surface area contributed by atoms with Crippen LogP contribution in [0.3, 0.4) is 0 Å². The third-order valence-electron chi connectivity index (χ3n) is 5.60. The number of benzene rings is 2. The molecule has 0 aliphatic carbocycles. The largest absolute Gasteiger partial charge is 0.507 e. The minimum Gasteiger partial charge on any atom is -0.507 e. The van der Waals surface area contributed by atoms with Crippen molar-refractivity contribution in [1.29, 1.82) is 0 Å². The predicted octanol–water partition coefficient (Wildman–Crippen LogP) is 3.65. The molecule has 0 saturated carbocycles. The number of ether oxygens (including phenoxy) is 2. The van der Waals surface area contributed by atoms with Crippen LogP contribution in [0.25, 0.3) is 5.76 Å². The highest BCUT2D eigenvalue weighted by molar-refractivity contribution is 6.46. The van der Waals surface area contributed by atoms with Crippen molar-refractivity contribution in [2.75, 3.05) is 20.3 Å². The minimum absolute atomic E-state index is 0.0296. The molecule has 0 radical (unpaired) electrons. The number of aromatic hydroxyl groups is 1. The number of phenolic OH excluding ortho intramolecular Hbond substituents is 1. The predicted molar refractivity (Wildman–Crippen MR) is 114 cm³/mol. The van der Waals surface area contributed by atoms with Gasteiger partial charge in [0.15, 0.2) is 11.5 Å². The monoisotopic (exact) mass is 443 g/mol. The quantitative estimate of drug-likeness (QED) is 0.416. The molecule has 4 rings (SSSR count). The van der Waals surface area contributed by atoms with E-state index in [1.54, 1.807) is 36.4 Å². The third kappa shape index (κ3) is 3.98. The molecule has 2 heterocycles. The Morgan fingerprint density at radius 1 is 1.23 bits per heavy atom. The molecular formula is C23H22ClNO6. The molecule has 8 heteroatoms. The number of aliphatic hydroxyl groups is 1. The van der Waals surface area contributed by atoms with Gasteiger partial charge in [-0.2, -0.15) is 0 Å². The summed E-state index contributed by atoms with van der Waals surface area (Å²) in [6.07, 6.45) is 1.48. The maximum absolute atomic E-state index is 13.0. The van der Waals surface area contributed by atoms with E-state index in [1.165, 1.54) is 18.1 Å². The molecule has 31 heavy (non-hydrogen) atoms. The van der Waals surface area contributed by atoms with Crippen LogP contribution < -0.4 is 4.74 Å². The van der Waals surface area contributed by atoms with Crippen LogP contribution in [0.15, 0.2) is 48.0 Å². The van der Waals surface area contributed by atoms with E-state index in [0.29, 0.717) is 22.8 Å². The van der Waals surface area contributed by atoms with E-state index in [9.17, 15) is 19.8 Å². The number of nitrogens with zero attached hydrogens (tertiary/aromatic N) is 1. The molecule has 2 saturated heterocycles. The smallest absolute Gasteiger partial charge is 0.295 e. The Morgan fingerprint density at radius 3 is 2.61 bits per heavy atom. The Balaban J connectivity index is 1.85. The molecule has 0 spiro atoms. The molecule has 2 aromatic rings. The van der Waals surface area contributed by atoms with Crippen molar-refractivity contribution < 1.29 is 29.3 Å². The fourth-order valence-corrected chi connectivity index (χ4v) is 4.18. The summed E-state index contributed by atoms with van der Waals surface area (Å²) >= 11 is 5.94. The number of hydrogen-bond donors (Lipinski definition) is 2. The van der Waals surface area contributed by atoms with Gasteiger partial charge in [-0.15, -0.1) is 0 Å². The number of phenols is 1. The average molecular weight is 444 g/mol.